The molecule has 1 aromatic carbocycles. The summed E-state index contributed by atoms with van der Waals surface area (Å²) < 4.78 is 0. The molecular formula is C21H30N4O2. The van der Waals surface area contributed by atoms with Gasteiger partial charge in [0.05, 0.1) is 18.7 Å². The van der Waals surface area contributed by atoms with Crippen molar-refractivity contribution in [3.63, 3.8) is 0 Å². The number of rotatable bonds is 6. The molecule has 0 aliphatic heterocycles. The number of nitrogens with zero attached hydrogens (tertiary/aromatic N) is 3. The molecule has 0 saturated heterocycles. The Kier molecular flexibility index (Phi) is 6.98. The van der Waals surface area contributed by atoms with Gasteiger partial charge in [-0.25, -0.2) is 0 Å². The average molecular weight is 370 g/mol. The second-order valence-corrected chi connectivity index (χ2v) is 7.61. The topological polar surface area (TPSA) is 76.4 Å². The molecule has 27 heavy (non-hydrogen) atoms. The van der Waals surface area contributed by atoms with Crippen LogP contribution in [0.25, 0.3) is 0 Å². The number of amides is 2. The van der Waals surface area contributed by atoms with Crippen LogP contribution in [-0.2, 0) is 9.59 Å². The molecule has 1 atom stereocenters. The minimum Gasteiger partial charge on any atom is -0.326 e. The zero-order valence-corrected chi connectivity index (χ0v) is 16.8. The standard InChI is InChI=1S/C21H30N4O2/c1-16-8-10-18(11-9-16)23-19(26)14-24(3)17(2)20(27)25(4)21(15-22)12-6-5-7-13-21/h8-11,17H,5-7,12-14H2,1-4H3,(H,23,26). The number of benzene rings is 1. The minimum atomic E-state index is -0.714. The van der Waals surface area contributed by atoms with E-state index >= 15 is 0 Å². The number of hydrogen-bond acceptors (Lipinski definition) is 4. The lowest BCUT2D eigenvalue weighted by Crippen LogP contribution is -2.55. The Balaban J connectivity index is 1.95. The predicted molar refractivity (Wildman–Crippen MR) is 106 cm³/mol. The molecule has 1 fully saturated rings. The van der Waals surface area contributed by atoms with E-state index in [0.717, 1.165) is 43.4 Å². The van der Waals surface area contributed by atoms with Gasteiger partial charge in [-0.2, -0.15) is 5.26 Å². The Hall–Kier alpha value is -2.39. The Morgan fingerprint density at radius 3 is 2.33 bits per heavy atom. The maximum absolute atomic E-state index is 12.9. The first kappa shape index (κ1) is 20.9. The number of carbonyl (C=O) groups excluding carboxylic acids is 2. The SMILES string of the molecule is Cc1ccc(NC(=O)CN(C)C(C)C(=O)N(C)C2(C#N)CCCCC2)cc1. The van der Waals surface area contributed by atoms with Crippen molar-refractivity contribution in [2.75, 3.05) is 26.0 Å². The van der Waals surface area contributed by atoms with E-state index in [4.69, 9.17) is 0 Å². The molecular weight excluding hydrogens is 340 g/mol. The number of nitriles is 1. The summed E-state index contributed by atoms with van der Waals surface area (Å²) in [4.78, 5) is 28.5. The predicted octanol–water partition coefficient (Wildman–Crippen LogP) is 2.94. The fraction of sp³-hybridized carbons (Fsp3) is 0.571. The number of aryl methyl sites for hydroxylation is 1. The van der Waals surface area contributed by atoms with Crippen LogP contribution >= 0.6 is 0 Å². The smallest absolute Gasteiger partial charge is 0.240 e. The van der Waals surface area contributed by atoms with E-state index in [0.29, 0.717) is 0 Å². The van der Waals surface area contributed by atoms with Gasteiger partial charge in [-0.1, -0.05) is 37.0 Å². The van der Waals surface area contributed by atoms with Gasteiger partial charge in [0.1, 0.15) is 5.54 Å². The average Bonchev–Trinajstić information content (AvgIpc) is 2.68. The van der Waals surface area contributed by atoms with Gasteiger partial charge in [-0.3, -0.25) is 14.5 Å². The van der Waals surface area contributed by atoms with Crippen molar-refractivity contribution in [2.24, 2.45) is 0 Å². The Morgan fingerprint density at radius 2 is 1.78 bits per heavy atom. The lowest BCUT2D eigenvalue weighted by atomic mass is 9.81. The third-order valence-electron chi connectivity index (χ3n) is 5.61. The molecule has 0 heterocycles. The van der Waals surface area contributed by atoms with Crippen molar-refractivity contribution in [3.05, 3.63) is 29.8 Å². The van der Waals surface area contributed by atoms with Crippen LogP contribution < -0.4 is 5.32 Å². The van der Waals surface area contributed by atoms with E-state index in [1.165, 1.54) is 0 Å². The quantitative estimate of drug-likeness (QED) is 0.835. The first-order valence-corrected chi connectivity index (χ1v) is 9.55. The molecule has 0 radical (unpaired) electrons. The summed E-state index contributed by atoms with van der Waals surface area (Å²) >= 11 is 0. The summed E-state index contributed by atoms with van der Waals surface area (Å²) in [5.41, 5.74) is 1.15. The van der Waals surface area contributed by atoms with E-state index in [1.54, 1.807) is 30.8 Å². The summed E-state index contributed by atoms with van der Waals surface area (Å²) in [6, 6.07) is 9.48. The third kappa shape index (κ3) is 5.08. The Morgan fingerprint density at radius 1 is 1.19 bits per heavy atom. The van der Waals surface area contributed by atoms with Crippen molar-refractivity contribution < 1.29 is 9.59 Å². The van der Waals surface area contributed by atoms with Crippen LogP contribution in [0, 0.1) is 18.3 Å². The van der Waals surface area contributed by atoms with Gasteiger partial charge in [0.15, 0.2) is 0 Å². The van der Waals surface area contributed by atoms with E-state index in [9.17, 15) is 14.9 Å². The molecule has 146 valence electrons. The molecule has 1 N–H and O–H groups in total. The molecule has 1 aliphatic rings. The largest absolute Gasteiger partial charge is 0.326 e. The zero-order valence-electron chi connectivity index (χ0n) is 16.8. The van der Waals surface area contributed by atoms with Crippen LogP contribution in [0.3, 0.4) is 0 Å². The van der Waals surface area contributed by atoms with Crippen LogP contribution in [-0.4, -0.2) is 53.8 Å². The Labute approximate surface area is 162 Å². The highest BCUT2D eigenvalue weighted by Crippen LogP contribution is 2.33. The van der Waals surface area contributed by atoms with Gasteiger partial charge in [0.25, 0.3) is 0 Å². The number of carbonyl (C=O) groups is 2. The number of hydrogen-bond donors (Lipinski definition) is 1. The van der Waals surface area contributed by atoms with Gasteiger partial charge in [0.2, 0.25) is 11.8 Å². The molecule has 1 saturated carbocycles. The molecule has 2 rings (SSSR count). The molecule has 2 amide bonds. The molecule has 1 aliphatic carbocycles. The lowest BCUT2D eigenvalue weighted by molar-refractivity contribution is -0.140. The van der Waals surface area contributed by atoms with Crippen LogP contribution in [0.4, 0.5) is 5.69 Å². The van der Waals surface area contributed by atoms with Crippen LogP contribution in [0.5, 0.6) is 0 Å². The molecule has 6 heteroatoms. The third-order valence-corrected chi connectivity index (χ3v) is 5.61. The van der Waals surface area contributed by atoms with E-state index in [-0.39, 0.29) is 18.4 Å². The normalized spacial score (nSPS) is 17.0. The number of anilines is 1. The van der Waals surface area contributed by atoms with Crippen LogP contribution in [0.1, 0.15) is 44.6 Å². The highest BCUT2D eigenvalue weighted by molar-refractivity contribution is 5.92. The maximum Gasteiger partial charge on any atom is 0.240 e. The highest BCUT2D eigenvalue weighted by Gasteiger charge is 2.40. The molecule has 0 spiro atoms. The number of likely N-dealkylation sites (N-methyl/N-ethyl adjacent to an activating group) is 2. The summed E-state index contributed by atoms with van der Waals surface area (Å²) in [5, 5.41) is 12.5. The summed E-state index contributed by atoms with van der Waals surface area (Å²) in [7, 11) is 3.47. The fourth-order valence-corrected chi connectivity index (χ4v) is 3.54. The van der Waals surface area contributed by atoms with Crippen molar-refractivity contribution in [1.29, 1.82) is 5.26 Å². The molecule has 6 nitrogen and oxygen atoms in total. The molecule has 1 aromatic rings. The van der Waals surface area contributed by atoms with Gasteiger partial charge in [-0.15, -0.1) is 0 Å². The molecule has 1 unspecified atom stereocenters. The second-order valence-electron chi connectivity index (χ2n) is 7.61. The van der Waals surface area contributed by atoms with E-state index in [1.807, 2.05) is 31.2 Å². The summed E-state index contributed by atoms with van der Waals surface area (Å²) in [5.74, 6) is -0.291. The first-order chi connectivity index (χ1) is 12.8. The lowest BCUT2D eigenvalue weighted by Gasteiger charge is -2.41. The molecule has 0 bridgehead atoms. The van der Waals surface area contributed by atoms with Crippen molar-refractivity contribution in [1.82, 2.24) is 9.80 Å². The fourth-order valence-electron chi connectivity index (χ4n) is 3.54. The summed E-state index contributed by atoms with van der Waals surface area (Å²) in [6.45, 7) is 3.88. The van der Waals surface area contributed by atoms with Crippen molar-refractivity contribution in [3.8, 4) is 6.07 Å². The number of nitrogens with one attached hydrogen (secondary N) is 1. The second kappa shape index (κ2) is 9.01. The zero-order chi connectivity index (χ0) is 20.0. The Bertz CT molecular complexity index is 702. The van der Waals surface area contributed by atoms with Gasteiger partial charge in [-0.05, 0) is 45.9 Å². The monoisotopic (exact) mass is 370 g/mol. The van der Waals surface area contributed by atoms with Gasteiger partial charge in [0, 0.05) is 12.7 Å². The van der Waals surface area contributed by atoms with Gasteiger partial charge < -0.3 is 10.2 Å². The van der Waals surface area contributed by atoms with E-state index < -0.39 is 11.6 Å². The first-order valence-electron chi connectivity index (χ1n) is 9.55. The van der Waals surface area contributed by atoms with Crippen LogP contribution in [0.2, 0.25) is 0 Å². The van der Waals surface area contributed by atoms with Gasteiger partial charge >= 0.3 is 0 Å². The van der Waals surface area contributed by atoms with Crippen molar-refractivity contribution in [2.45, 2.75) is 57.5 Å². The summed E-state index contributed by atoms with van der Waals surface area (Å²) in [6.07, 6.45) is 4.48. The van der Waals surface area contributed by atoms with Crippen LogP contribution in [0.15, 0.2) is 24.3 Å². The minimum absolute atomic E-state index is 0.105. The van der Waals surface area contributed by atoms with E-state index in [2.05, 4.69) is 11.4 Å². The molecule has 0 aromatic heterocycles. The van der Waals surface area contributed by atoms with Crippen molar-refractivity contribution >= 4 is 17.5 Å². The highest BCUT2D eigenvalue weighted by atomic mass is 16.2. The maximum atomic E-state index is 12.9.